The second-order valence-electron chi connectivity index (χ2n) is 2.75. The Bertz CT molecular complexity index is 221. The summed E-state index contributed by atoms with van der Waals surface area (Å²) in [6, 6.07) is 0. The van der Waals surface area contributed by atoms with E-state index in [-0.39, 0.29) is 0 Å². The lowest BCUT2D eigenvalue weighted by molar-refractivity contribution is 0.115. The molecule has 0 bridgehead atoms. The van der Waals surface area contributed by atoms with Gasteiger partial charge in [0.05, 0.1) is 7.11 Å². The first-order valence-electron chi connectivity index (χ1n) is 4.12. The summed E-state index contributed by atoms with van der Waals surface area (Å²) < 4.78 is 0. The van der Waals surface area contributed by atoms with Gasteiger partial charge in [-0.2, -0.15) is 0 Å². The standard InChI is InChI=1S/C9H14ClNO/c1-3-8(10)7-5-4-6-9(7)11-12-2/h3,11H,4-6H2,1-2H3/b8-3+. The van der Waals surface area contributed by atoms with Crippen LogP contribution in [0, 0.1) is 0 Å². The fraction of sp³-hybridized carbons (Fsp3) is 0.556. The zero-order valence-electron chi connectivity index (χ0n) is 7.48. The minimum atomic E-state index is 0.840. The Morgan fingerprint density at radius 1 is 1.58 bits per heavy atom. The van der Waals surface area contributed by atoms with Crippen molar-refractivity contribution < 1.29 is 4.84 Å². The first-order chi connectivity index (χ1) is 5.79. The van der Waals surface area contributed by atoms with Crippen molar-refractivity contribution in [3.8, 4) is 0 Å². The van der Waals surface area contributed by atoms with Gasteiger partial charge in [0.2, 0.25) is 0 Å². The fourth-order valence-corrected chi connectivity index (χ4v) is 1.63. The minimum Gasteiger partial charge on any atom is -0.280 e. The van der Waals surface area contributed by atoms with E-state index in [2.05, 4.69) is 5.48 Å². The third kappa shape index (κ3) is 2.02. The van der Waals surface area contributed by atoms with E-state index in [1.807, 2.05) is 13.0 Å². The van der Waals surface area contributed by atoms with Crippen molar-refractivity contribution in [1.29, 1.82) is 0 Å². The smallest absolute Gasteiger partial charge is 0.0636 e. The van der Waals surface area contributed by atoms with E-state index in [1.54, 1.807) is 7.11 Å². The summed E-state index contributed by atoms with van der Waals surface area (Å²) in [4.78, 5) is 4.86. The molecular formula is C9H14ClNO. The van der Waals surface area contributed by atoms with Gasteiger partial charge < -0.3 is 0 Å². The first-order valence-corrected chi connectivity index (χ1v) is 4.50. The topological polar surface area (TPSA) is 21.3 Å². The highest BCUT2D eigenvalue weighted by molar-refractivity contribution is 6.32. The van der Waals surface area contributed by atoms with Crippen LogP contribution in [0.2, 0.25) is 0 Å². The maximum Gasteiger partial charge on any atom is 0.0636 e. The molecule has 0 aromatic rings. The molecule has 0 saturated heterocycles. The van der Waals surface area contributed by atoms with Gasteiger partial charge in [0, 0.05) is 10.7 Å². The van der Waals surface area contributed by atoms with Crippen molar-refractivity contribution in [2.45, 2.75) is 26.2 Å². The van der Waals surface area contributed by atoms with Crippen LogP contribution in [-0.2, 0) is 4.84 Å². The van der Waals surface area contributed by atoms with Crippen molar-refractivity contribution in [1.82, 2.24) is 5.48 Å². The normalized spacial score (nSPS) is 18.8. The molecular weight excluding hydrogens is 174 g/mol. The lowest BCUT2D eigenvalue weighted by atomic mass is 10.2. The molecule has 3 heteroatoms. The number of allylic oxidation sites excluding steroid dienone is 4. The Hall–Kier alpha value is -0.470. The van der Waals surface area contributed by atoms with Crippen LogP contribution in [0.1, 0.15) is 26.2 Å². The van der Waals surface area contributed by atoms with Gasteiger partial charge in [-0.05, 0) is 31.8 Å². The Morgan fingerprint density at radius 3 is 2.92 bits per heavy atom. The quantitative estimate of drug-likeness (QED) is 0.686. The summed E-state index contributed by atoms with van der Waals surface area (Å²) in [7, 11) is 1.62. The second kappa shape index (κ2) is 4.53. The maximum atomic E-state index is 6.01. The van der Waals surface area contributed by atoms with E-state index < -0.39 is 0 Å². The highest BCUT2D eigenvalue weighted by Gasteiger charge is 2.16. The van der Waals surface area contributed by atoms with E-state index in [1.165, 1.54) is 5.57 Å². The van der Waals surface area contributed by atoms with Crippen molar-refractivity contribution >= 4 is 11.6 Å². The summed E-state index contributed by atoms with van der Waals surface area (Å²) in [5.74, 6) is 0. The molecule has 0 saturated carbocycles. The molecule has 12 heavy (non-hydrogen) atoms. The highest BCUT2D eigenvalue weighted by Crippen LogP contribution is 2.31. The third-order valence-corrected chi connectivity index (χ3v) is 2.43. The number of nitrogens with one attached hydrogen (secondary N) is 1. The maximum absolute atomic E-state index is 6.01. The van der Waals surface area contributed by atoms with Gasteiger partial charge in [-0.1, -0.05) is 17.7 Å². The fourth-order valence-electron chi connectivity index (χ4n) is 1.42. The van der Waals surface area contributed by atoms with E-state index in [4.69, 9.17) is 16.4 Å². The molecule has 2 nitrogen and oxygen atoms in total. The molecule has 0 aromatic heterocycles. The monoisotopic (exact) mass is 187 g/mol. The largest absolute Gasteiger partial charge is 0.280 e. The van der Waals surface area contributed by atoms with Crippen molar-refractivity contribution in [2.24, 2.45) is 0 Å². The minimum absolute atomic E-state index is 0.840. The molecule has 0 spiro atoms. The van der Waals surface area contributed by atoms with Gasteiger partial charge in [-0.15, -0.1) is 0 Å². The van der Waals surface area contributed by atoms with E-state index in [0.717, 1.165) is 30.0 Å². The number of halogens is 1. The molecule has 1 aliphatic rings. The molecule has 1 rings (SSSR count). The van der Waals surface area contributed by atoms with Crippen LogP contribution in [0.25, 0.3) is 0 Å². The van der Waals surface area contributed by atoms with Gasteiger partial charge in [-0.3, -0.25) is 10.3 Å². The van der Waals surface area contributed by atoms with Crippen molar-refractivity contribution in [3.63, 3.8) is 0 Å². The molecule has 0 aromatic carbocycles. The van der Waals surface area contributed by atoms with Crippen LogP contribution in [0.3, 0.4) is 0 Å². The summed E-state index contributed by atoms with van der Waals surface area (Å²) in [5.41, 5.74) is 5.19. The molecule has 0 amide bonds. The Balaban J connectivity index is 2.76. The SMILES string of the molecule is C/C=C(/Cl)C1=C(NOC)CCC1. The summed E-state index contributed by atoms with van der Waals surface area (Å²) in [6.07, 6.45) is 5.16. The lowest BCUT2D eigenvalue weighted by Gasteiger charge is -2.06. The number of hydrogen-bond donors (Lipinski definition) is 1. The van der Waals surface area contributed by atoms with E-state index in [9.17, 15) is 0 Å². The average Bonchev–Trinajstić information content (AvgIpc) is 2.52. The number of rotatable bonds is 3. The van der Waals surface area contributed by atoms with Crippen LogP contribution in [0.4, 0.5) is 0 Å². The molecule has 0 heterocycles. The Kier molecular flexibility index (Phi) is 3.63. The van der Waals surface area contributed by atoms with Gasteiger partial charge in [0.1, 0.15) is 0 Å². The number of hydroxylamine groups is 1. The zero-order chi connectivity index (χ0) is 8.97. The van der Waals surface area contributed by atoms with E-state index in [0.29, 0.717) is 0 Å². The summed E-state index contributed by atoms with van der Waals surface area (Å²) in [6.45, 7) is 1.94. The molecule has 0 unspecified atom stereocenters. The highest BCUT2D eigenvalue weighted by atomic mass is 35.5. The Morgan fingerprint density at radius 2 is 2.33 bits per heavy atom. The lowest BCUT2D eigenvalue weighted by Crippen LogP contribution is -2.10. The van der Waals surface area contributed by atoms with Crippen LogP contribution >= 0.6 is 11.6 Å². The molecule has 1 aliphatic carbocycles. The molecule has 1 N–H and O–H groups in total. The first kappa shape index (κ1) is 9.62. The van der Waals surface area contributed by atoms with Crippen LogP contribution in [0.5, 0.6) is 0 Å². The van der Waals surface area contributed by atoms with Crippen molar-refractivity contribution in [2.75, 3.05) is 7.11 Å². The summed E-state index contributed by atoms with van der Waals surface area (Å²) in [5, 5.41) is 0.840. The van der Waals surface area contributed by atoms with Gasteiger partial charge in [0.15, 0.2) is 0 Å². The van der Waals surface area contributed by atoms with Crippen LogP contribution in [0.15, 0.2) is 22.4 Å². The predicted molar refractivity (Wildman–Crippen MR) is 50.6 cm³/mol. The van der Waals surface area contributed by atoms with E-state index >= 15 is 0 Å². The van der Waals surface area contributed by atoms with Gasteiger partial charge >= 0.3 is 0 Å². The molecule has 0 radical (unpaired) electrons. The van der Waals surface area contributed by atoms with Crippen molar-refractivity contribution in [3.05, 3.63) is 22.4 Å². The Labute approximate surface area is 78.2 Å². The molecule has 68 valence electrons. The second-order valence-corrected chi connectivity index (χ2v) is 3.16. The van der Waals surface area contributed by atoms with Gasteiger partial charge in [-0.25, -0.2) is 0 Å². The summed E-state index contributed by atoms with van der Waals surface area (Å²) >= 11 is 6.01. The predicted octanol–water partition coefficient (Wildman–Crippen LogP) is 2.72. The average molecular weight is 188 g/mol. The van der Waals surface area contributed by atoms with Crippen LogP contribution in [-0.4, -0.2) is 7.11 Å². The zero-order valence-corrected chi connectivity index (χ0v) is 8.24. The molecule has 0 fully saturated rings. The molecule has 0 aliphatic heterocycles. The van der Waals surface area contributed by atoms with Crippen LogP contribution < -0.4 is 5.48 Å². The number of hydrogen-bond acceptors (Lipinski definition) is 2. The third-order valence-electron chi connectivity index (χ3n) is 1.98. The van der Waals surface area contributed by atoms with Gasteiger partial charge in [0.25, 0.3) is 0 Å². The molecule has 0 atom stereocenters.